The van der Waals surface area contributed by atoms with Crippen LogP contribution >= 0.6 is 0 Å². The van der Waals surface area contributed by atoms with Gasteiger partial charge in [0.2, 0.25) is 5.96 Å². The number of aliphatic imine (C=N–C) groups is 1. The van der Waals surface area contributed by atoms with Crippen molar-refractivity contribution in [3.63, 3.8) is 0 Å². The average molecular weight is 313 g/mol. The molecule has 0 saturated carbocycles. The molecule has 1 fully saturated rings. The Hall–Kier alpha value is -1.79. The molecule has 0 atom stereocenters. The minimum atomic E-state index is -0.731. The summed E-state index contributed by atoms with van der Waals surface area (Å²) in [6.07, 6.45) is 0.610. The van der Waals surface area contributed by atoms with E-state index in [4.69, 9.17) is 9.47 Å². The fourth-order valence-electron chi connectivity index (χ4n) is 1.87. The largest absolute Gasteiger partial charge is 0.444 e. The van der Waals surface area contributed by atoms with Crippen molar-refractivity contribution in [2.75, 3.05) is 13.1 Å². The van der Waals surface area contributed by atoms with Gasteiger partial charge in [-0.15, -0.1) is 4.99 Å². The number of guanidine groups is 1. The first-order valence-electron chi connectivity index (χ1n) is 7.53. The molecule has 7 heteroatoms. The summed E-state index contributed by atoms with van der Waals surface area (Å²) in [6.45, 7) is 12.1. The number of rotatable bonds is 0. The molecule has 1 aliphatic heterocycles. The lowest BCUT2D eigenvalue weighted by molar-refractivity contribution is 0.0555. The Morgan fingerprint density at radius 3 is 1.91 bits per heavy atom. The molecule has 0 aliphatic carbocycles. The van der Waals surface area contributed by atoms with Crippen LogP contribution in [-0.2, 0) is 9.47 Å². The Morgan fingerprint density at radius 1 is 0.955 bits per heavy atom. The highest BCUT2D eigenvalue weighted by atomic mass is 16.6. The topological polar surface area (TPSA) is 80.2 Å². The molecular formula is C15H27N3O4. The van der Waals surface area contributed by atoms with Crippen molar-refractivity contribution in [1.82, 2.24) is 10.2 Å². The molecular weight excluding hydrogens is 286 g/mol. The highest BCUT2D eigenvalue weighted by molar-refractivity contribution is 5.99. The molecule has 0 unspecified atom stereocenters. The zero-order chi connectivity index (χ0) is 17.0. The first-order valence-corrected chi connectivity index (χ1v) is 7.53. The number of hydrogen-bond acceptors (Lipinski definition) is 4. The SMILES string of the molecule is CC(C)(C)OC(=O)/N=C(/NC(=O)OC(C)(C)C)N1CCCC1. The molecule has 0 aromatic heterocycles. The van der Waals surface area contributed by atoms with Crippen LogP contribution in [0.25, 0.3) is 0 Å². The van der Waals surface area contributed by atoms with E-state index in [0.29, 0.717) is 0 Å². The van der Waals surface area contributed by atoms with Crippen LogP contribution in [0.5, 0.6) is 0 Å². The molecule has 126 valence electrons. The summed E-state index contributed by atoms with van der Waals surface area (Å²) < 4.78 is 10.4. The number of ether oxygens (including phenoxy) is 2. The lowest BCUT2D eigenvalue weighted by atomic mass is 10.2. The number of nitrogens with one attached hydrogen (secondary N) is 1. The van der Waals surface area contributed by atoms with Gasteiger partial charge in [-0.3, -0.25) is 5.32 Å². The van der Waals surface area contributed by atoms with E-state index in [-0.39, 0.29) is 5.96 Å². The van der Waals surface area contributed by atoms with E-state index in [1.165, 1.54) is 0 Å². The maximum Gasteiger partial charge on any atom is 0.437 e. The highest BCUT2D eigenvalue weighted by Gasteiger charge is 2.24. The van der Waals surface area contributed by atoms with E-state index in [1.807, 2.05) is 4.90 Å². The molecule has 22 heavy (non-hydrogen) atoms. The van der Waals surface area contributed by atoms with Gasteiger partial charge in [0.05, 0.1) is 0 Å². The molecule has 7 nitrogen and oxygen atoms in total. The van der Waals surface area contributed by atoms with Crippen molar-refractivity contribution in [3.05, 3.63) is 0 Å². The Balaban J connectivity index is 2.80. The molecule has 1 heterocycles. The number of amides is 2. The van der Waals surface area contributed by atoms with Crippen LogP contribution in [0.15, 0.2) is 4.99 Å². The van der Waals surface area contributed by atoms with Gasteiger partial charge in [0.1, 0.15) is 11.2 Å². The fraction of sp³-hybridized carbons (Fsp3) is 0.800. The molecule has 0 radical (unpaired) electrons. The van der Waals surface area contributed by atoms with Crippen LogP contribution in [0.1, 0.15) is 54.4 Å². The zero-order valence-corrected chi connectivity index (χ0v) is 14.4. The summed E-state index contributed by atoms with van der Waals surface area (Å²) >= 11 is 0. The second-order valence-corrected chi connectivity index (χ2v) is 7.24. The Labute approximate surface area is 132 Å². The van der Waals surface area contributed by atoms with Gasteiger partial charge >= 0.3 is 12.2 Å². The zero-order valence-electron chi connectivity index (χ0n) is 14.4. The van der Waals surface area contributed by atoms with Gasteiger partial charge in [-0.1, -0.05) is 0 Å². The standard InChI is InChI=1S/C15H27N3O4/c1-14(2,3)21-12(19)16-11(18-9-7-8-10-18)17-13(20)22-15(4,5)6/h7-10H2,1-6H3,(H,16,17,19,20). The number of likely N-dealkylation sites (tertiary alicyclic amines) is 1. The number of nitrogens with zero attached hydrogens (tertiary/aromatic N) is 2. The predicted molar refractivity (Wildman–Crippen MR) is 83.8 cm³/mol. The van der Waals surface area contributed by atoms with Crippen LogP contribution in [-0.4, -0.2) is 47.3 Å². The van der Waals surface area contributed by atoms with Crippen LogP contribution in [0.2, 0.25) is 0 Å². The first kappa shape index (κ1) is 18.3. The number of carbonyl (C=O) groups excluding carboxylic acids is 2. The summed E-state index contributed by atoms with van der Waals surface area (Å²) in [5, 5.41) is 2.55. The summed E-state index contributed by atoms with van der Waals surface area (Å²) in [4.78, 5) is 29.5. The van der Waals surface area contributed by atoms with Gasteiger partial charge in [0.15, 0.2) is 0 Å². The second-order valence-electron chi connectivity index (χ2n) is 7.24. The van der Waals surface area contributed by atoms with Gasteiger partial charge in [-0.25, -0.2) is 9.59 Å². The maximum absolute atomic E-state index is 11.9. The van der Waals surface area contributed by atoms with E-state index < -0.39 is 23.4 Å². The second kappa shape index (κ2) is 6.98. The molecule has 0 aromatic rings. The van der Waals surface area contributed by atoms with Gasteiger partial charge in [-0.2, -0.15) is 0 Å². The van der Waals surface area contributed by atoms with Gasteiger partial charge in [0, 0.05) is 13.1 Å². The van der Waals surface area contributed by atoms with E-state index in [1.54, 1.807) is 41.5 Å². The molecule has 1 N–H and O–H groups in total. The minimum absolute atomic E-state index is 0.181. The summed E-state index contributed by atoms with van der Waals surface area (Å²) in [5.74, 6) is 0.181. The predicted octanol–water partition coefficient (Wildman–Crippen LogP) is 2.90. The van der Waals surface area contributed by atoms with Crippen molar-refractivity contribution in [3.8, 4) is 0 Å². The molecule has 1 saturated heterocycles. The molecule has 0 aromatic carbocycles. The first-order chi connectivity index (χ1) is 9.96. The lowest BCUT2D eigenvalue weighted by Crippen LogP contribution is -2.45. The average Bonchev–Trinajstić information content (AvgIpc) is 2.75. The third-order valence-corrected chi connectivity index (χ3v) is 2.61. The van der Waals surface area contributed by atoms with Crippen LogP contribution in [0, 0.1) is 0 Å². The van der Waals surface area contributed by atoms with Gasteiger partial charge in [-0.05, 0) is 54.4 Å². The summed E-state index contributed by atoms with van der Waals surface area (Å²) in [7, 11) is 0. The van der Waals surface area contributed by atoms with Crippen molar-refractivity contribution in [2.24, 2.45) is 4.99 Å². The molecule has 1 rings (SSSR count). The number of hydrogen-bond donors (Lipinski definition) is 1. The minimum Gasteiger partial charge on any atom is -0.444 e. The quantitative estimate of drug-likeness (QED) is 0.549. The third kappa shape index (κ3) is 7.28. The highest BCUT2D eigenvalue weighted by Crippen LogP contribution is 2.12. The Morgan fingerprint density at radius 2 is 1.45 bits per heavy atom. The lowest BCUT2D eigenvalue weighted by Gasteiger charge is -2.24. The van der Waals surface area contributed by atoms with Crippen LogP contribution < -0.4 is 5.32 Å². The van der Waals surface area contributed by atoms with Crippen molar-refractivity contribution >= 4 is 18.1 Å². The molecule has 2 amide bonds. The van der Waals surface area contributed by atoms with Crippen molar-refractivity contribution in [1.29, 1.82) is 0 Å². The number of carbonyl (C=O) groups is 2. The third-order valence-electron chi connectivity index (χ3n) is 2.61. The summed E-state index contributed by atoms with van der Waals surface area (Å²) in [5.41, 5.74) is -1.26. The van der Waals surface area contributed by atoms with E-state index in [2.05, 4.69) is 10.3 Å². The van der Waals surface area contributed by atoms with Crippen LogP contribution in [0.3, 0.4) is 0 Å². The number of alkyl carbamates (subject to hydrolysis) is 1. The monoisotopic (exact) mass is 313 g/mol. The fourth-order valence-corrected chi connectivity index (χ4v) is 1.87. The Bertz CT molecular complexity index is 441. The van der Waals surface area contributed by atoms with Crippen molar-refractivity contribution < 1.29 is 19.1 Å². The smallest absolute Gasteiger partial charge is 0.437 e. The normalized spacial score (nSPS) is 16.5. The van der Waals surface area contributed by atoms with Crippen LogP contribution in [0.4, 0.5) is 9.59 Å². The van der Waals surface area contributed by atoms with Crippen molar-refractivity contribution in [2.45, 2.75) is 65.6 Å². The van der Waals surface area contributed by atoms with E-state index in [9.17, 15) is 9.59 Å². The molecule has 0 spiro atoms. The molecule has 0 bridgehead atoms. The summed E-state index contributed by atoms with van der Waals surface area (Å²) in [6, 6.07) is 0. The van der Waals surface area contributed by atoms with Gasteiger partial charge < -0.3 is 14.4 Å². The maximum atomic E-state index is 11.9. The molecule has 1 aliphatic rings. The van der Waals surface area contributed by atoms with Gasteiger partial charge in [0.25, 0.3) is 0 Å². The van der Waals surface area contributed by atoms with E-state index in [0.717, 1.165) is 25.9 Å². The Kier molecular flexibility index (Phi) is 5.79. The van der Waals surface area contributed by atoms with E-state index >= 15 is 0 Å².